The third-order valence-corrected chi connectivity index (χ3v) is 3.18. The van der Waals surface area contributed by atoms with E-state index in [4.69, 9.17) is 0 Å². The maximum Gasteiger partial charge on any atom is 0.271 e. The second kappa shape index (κ2) is 5.14. The summed E-state index contributed by atoms with van der Waals surface area (Å²) in [5.74, 6) is 0.112. The minimum absolute atomic E-state index is 0.0228. The van der Waals surface area contributed by atoms with Crippen molar-refractivity contribution in [2.45, 2.75) is 6.92 Å². The average molecular weight is 249 g/mol. The molecule has 1 saturated heterocycles. The molecule has 2 N–H and O–H groups in total. The van der Waals surface area contributed by atoms with Crippen LogP contribution in [-0.2, 0) is 4.79 Å². The summed E-state index contributed by atoms with van der Waals surface area (Å²) in [5.41, 5.74) is 0.443. The lowest BCUT2D eigenvalue weighted by molar-refractivity contribution is -0.384. The van der Waals surface area contributed by atoms with Gasteiger partial charge in [-0.15, -0.1) is 0 Å². The number of benzene rings is 1. The van der Waals surface area contributed by atoms with Crippen LogP contribution in [0.4, 0.5) is 11.4 Å². The molecule has 1 aromatic rings. The number of carbonyl (C=O) groups excluding carboxylic acids is 1. The van der Waals surface area contributed by atoms with Crippen molar-refractivity contribution in [3.05, 3.63) is 34.4 Å². The molecule has 1 fully saturated rings. The van der Waals surface area contributed by atoms with Gasteiger partial charge in [-0.2, -0.15) is 0 Å². The molecule has 2 unspecified atom stereocenters. The first kappa shape index (κ1) is 12.5. The lowest BCUT2D eigenvalue weighted by Gasteiger charge is -2.13. The fraction of sp³-hybridized carbons (Fsp3) is 0.417. The predicted molar refractivity (Wildman–Crippen MR) is 67.2 cm³/mol. The van der Waals surface area contributed by atoms with Crippen LogP contribution in [-0.4, -0.2) is 23.9 Å². The lowest BCUT2D eigenvalue weighted by atomic mass is 9.97. The molecule has 0 spiro atoms. The Kier molecular flexibility index (Phi) is 3.57. The van der Waals surface area contributed by atoms with E-state index in [0.717, 1.165) is 6.54 Å². The van der Waals surface area contributed by atoms with E-state index in [-0.39, 0.29) is 23.4 Å². The zero-order chi connectivity index (χ0) is 13.1. The van der Waals surface area contributed by atoms with Gasteiger partial charge in [0.05, 0.1) is 10.8 Å². The van der Waals surface area contributed by atoms with Crippen LogP contribution in [0.1, 0.15) is 6.92 Å². The molecule has 0 aromatic heterocycles. The Morgan fingerprint density at radius 1 is 1.50 bits per heavy atom. The molecule has 0 radical (unpaired) electrons. The van der Waals surface area contributed by atoms with Gasteiger partial charge in [-0.1, -0.05) is 13.0 Å². The highest BCUT2D eigenvalue weighted by Crippen LogP contribution is 2.21. The molecule has 1 aromatic carbocycles. The molecule has 2 rings (SSSR count). The summed E-state index contributed by atoms with van der Waals surface area (Å²) in [5, 5.41) is 16.5. The molecule has 18 heavy (non-hydrogen) atoms. The molecule has 2 atom stereocenters. The molecular formula is C12H15N3O3. The molecule has 0 aliphatic carbocycles. The number of anilines is 1. The molecule has 0 bridgehead atoms. The molecule has 6 heteroatoms. The van der Waals surface area contributed by atoms with E-state index in [1.165, 1.54) is 12.1 Å². The standard InChI is InChI=1S/C12H15N3O3/c1-8-6-13-7-11(8)12(16)14-9-3-2-4-10(5-9)15(17)18/h2-5,8,11,13H,6-7H2,1H3,(H,14,16). The first-order valence-electron chi connectivity index (χ1n) is 5.84. The van der Waals surface area contributed by atoms with Crippen LogP contribution < -0.4 is 10.6 Å². The van der Waals surface area contributed by atoms with Gasteiger partial charge in [-0.05, 0) is 18.5 Å². The number of hydrogen-bond acceptors (Lipinski definition) is 4. The van der Waals surface area contributed by atoms with Crippen molar-refractivity contribution in [2.24, 2.45) is 11.8 Å². The summed E-state index contributed by atoms with van der Waals surface area (Å²) < 4.78 is 0. The monoisotopic (exact) mass is 249 g/mol. The Labute approximate surface area is 105 Å². The molecule has 1 heterocycles. The second-order valence-corrected chi connectivity index (χ2v) is 4.54. The van der Waals surface area contributed by atoms with E-state index in [0.29, 0.717) is 12.2 Å². The smallest absolute Gasteiger partial charge is 0.271 e. The highest BCUT2D eigenvalue weighted by atomic mass is 16.6. The Balaban J connectivity index is 2.07. The van der Waals surface area contributed by atoms with Crippen LogP contribution in [0.5, 0.6) is 0 Å². The summed E-state index contributed by atoms with van der Waals surface area (Å²) in [7, 11) is 0. The van der Waals surface area contributed by atoms with Crippen molar-refractivity contribution in [1.29, 1.82) is 0 Å². The van der Waals surface area contributed by atoms with Gasteiger partial charge in [0.15, 0.2) is 0 Å². The van der Waals surface area contributed by atoms with Crippen LogP contribution in [0.25, 0.3) is 0 Å². The van der Waals surface area contributed by atoms with Gasteiger partial charge < -0.3 is 10.6 Å². The minimum atomic E-state index is -0.477. The van der Waals surface area contributed by atoms with E-state index in [2.05, 4.69) is 10.6 Å². The maximum atomic E-state index is 12.0. The van der Waals surface area contributed by atoms with E-state index < -0.39 is 4.92 Å². The molecule has 1 aliphatic heterocycles. The van der Waals surface area contributed by atoms with E-state index in [9.17, 15) is 14.9 Å². The van der Waals surface area contributed by atoms with Crippen molar-refractivity contribution in [1.82, 2.24) is 5.32 Å². The van der Waals surface area contributed by atoms with Gasteiger partial charge in [-0.25, -0.2) is 0 Å². The third kappa shape index (κ3) is 2.65. The fourth-order valence-corrected chi connectivity index (χ4v) is 2.09. The number of nitro groups is 1. The van der Waals surface area contributed by atoms with Gasteiger partial charge >= 0.3 is 0 Å². The second-order valence-electron chi connectivity index (χ2n) is 4.54. The normalized spacial score (nSPS) is 22.7. The average Bonchev–Trinajstić information content (AvgIpc) is 2.76. The summed E-state index contributed by atoms with van der Waals surface area (Å²) in [6.07, 6.45) is 0. The number of hydrogen-bond donors (Lipinski definition) is 2. The van der Waals surface area contributed by atoms with Crippen LogP contribution in [0.15, 0.2) is 24.3 Å². The highest BCUT2D eigenvalue weighted by Gasteiger charge is 2.29. The van der Waals surface area contributed by atoms with Crippen molar-refractivity contribution >= 4 is 17.3 Å². The van der Waals surface area contributed by atoms with Crippen LogP contribution in [0.2, 0.25) is 0 Å². The SMILES string of the molecule is CC1CNCC1C(=O)Nc1cccc([N+](=O)[O-])c1. The Morgan fingerprint density at radius 3 is 2.89 bits per heavy atom. The van der Waals surface area contributed by atoms with Crippen molar-refractivity contribution < 1.29 is 9.72 Å². The molecule has 1 aliphatic rings. The number of nitrogens with zero attached hydrogens (tertiary/aromatic N) is 1. The zero-order valence-electron chi connectivity index (χ0n) is 10.1. The number of non-ortho nitro benzene ring substituents is 1. The Bertz CT molecular complexity index is 475. The Morgan fingerprint density at radius 2 is 2.28 bits per heavy atom. The van der Waals surface area contributed by atoms with Gasteiger partial charge in [0.2, 0.25) is 5.91 Å². The van der Waals surface area contributed by atoms with Crippen molar-refractivity contribution in [2.75, 3.05) is 18.4 Å². The predicted octanol–water partition coefficient (Wildman–Crippen LogP) is 1.39. The molecule has 1 amide bonds. The van der Waals surface area contributed by atoms with E-state index >= 15 is 0 Å². The lowest BCUT2D eigenvalue weighted by Crippen LogP contribution is -2.27. The van der Waals surface area contributed by atoms with E-state index in [1.54, 1.807) is 12.1 Å². The molecule has 6 nitrogen and oxygen atoms in total. The Hall–Kier alpha value is -1.95. The topological polar surface area (TPSA) is 84.3 Å². The van der Waals surface area contributed by atoms with Gasteiger partial charge in [0.25, 0.3) is 5.69 Å². The summed E-state index contributed by atoms with van der Waals surface area (Å²) in [6, 6.07) is 5.97. The molecule has 96 valence electrons. The number of nitrogens with one attached hydrogen (secondary N) is 2. The first-order valence-corrected chi connectivity index (χ1v) is 5.84. The maximum absolute atomic E-state index is 12.0. The minimum Gasteiger partial charge on any atom is -0.326 e. The third-order valence-electron chi connectivity index (χ3n) is 3.18. The van der Waals surface area contributed by atoms with Crippen molar-refractivity contribution in [3.63, 3.8) is 0 Å². The van der Waals surface area contributed by atoms with Gasteiger partial charge in [0, 0.05) is 24.4 Å². The molecular weight excluding hydrogens is 234 g/mol. The summed E-state index contributed by atoms with van der Waals surface area (Å²) in [4.78, 5) is 22.1. The largest absolute Gasteiger partial charge is 0.326 e. The number of rotatable bonds is 3. The number of carbonyl (C=O) groups is 1. The van der Waals surface area contributed by atoms with Crippen molar-refractivity contribution in [3.8, 4) is 0 Å². The summed E-state index contributed by atoms with van der Waals surface area (Å²) in [6.45, 7) is 3.49. The first-order chi connectivity index (χ1) is 8.58. The molecule has 0 saturated carbocycles. The van der Waals surface area contributed by atoms with Gasteiger partial charge in [0.1, 0.15) is 0 Å². The van der Waals surface area contributed by atoms with Crippen LogP contribution >= 0.6 is 0 Å². The highest BCUT2D eigenvalue weighted by molar-refractivity contribution is 5.93. The van der Waals surface area contributed by atoms with E-state index in [1.807, 2.05) is 6.92 Å². The summed E-state index contributed by atoms with van der Waals surface area (Å²) >= 11 is 0. The van der Waals surface area contributed by atoms with Crippen LogP contribution in [0, 0.1) is 22.0 Å². The fourth-order valence-electron chi connectivity index (χ4n) is 2.09. The number of amides is 1. The van der Waals surface area contributed by atoms with Gasteiger partial charge in [-0.3, -0.25) is 14.9 Å². The van der Waals surface area contributed by atoms with Crippen LogP contribution in [0.3, 0.4) is 0 Å². The quantitative estimate of drug-likeness (QED) is 0.626. The zero-order valence-corrected chi connectivity index (χ0v) is 10.1. The number of nitro benzene ring substituents is 1.